The number of aromatic nitrogens is 2. The van der Waals surface area contributed by atoms with Crippen molar-refractivity contribution < 1.29 is 9.59 Å². The highest BCUT2D eigenvalue weighted by atomic mass is 35.5. The molecule has 3 rings (SSSR count). The lowest BCUT2D eigenvalue weighted by atomic mass is 10.1. The van der Waals surface area contributed by atoms with Crippen LogP contribution in [0, 0.1) is 0 Å². The van der Waals surface area contributed by atoms with E-state index in [9.17, 15) is 9.59 Å². The van der Waals surface area contributed by atoms with Gasteiger partial charge in [-0.05, 0) is 25.1 Å². The molecule has 7 nitrogen and oxygen atoms in total. The number of benzene rings is 1. The zero-order valence-electron chi connectivity index (χ0n) is 14.0. The Bertz CT molecular complexity index is 789. The van der Waals surface area contributed by atoms with Crippen molar-refractivity contribution in [3.8, 4) is 0 Å². The number of carbonyl (C=O) groups excluding carboxylic acids is 2. The lowest BCUT2D eigenvalue weighted by Gasteiger charge is -2.27. The zero-order chi connectivity index (χ0) is 17.8. The van der Waals surface area contributed by atoms with Crippen LogP contribution in [0.15, 0.2) is 30.6 Å². The van der Waals surface area contributed by atoms with Crippen LogP contribution >= 0.6 is 11.6 Å². The van der Waals surface area contributed by atoms with Gasteiger partial charge in [0.25, 0.3) is 0 Å². The van der Waals surface area contributed by atoms with E-state index in [0.717, 1.165) is 18.7 Å². The molecule has 0 radical (unpaired) electrons. The van der Waals surface area contributed by atoms with Gasteiger partial charge < -0.3 is 20.1 Å². The van der Waals surface area contributed by atoms with Crippen LogP contribution in [0.3, 0.4) is 0 Å². The maximum atomic E-state index is 12.3. The second kappa shape index (κ2) is 7.57. The van der Waals surface area contributed by atoms with Crippen LogP contribution in [-0.4, -0.2) is 39.5 Å². The van der Waals surface area contributed by atoms with E-state index in [1.807, 2.05) is 6.33 Å². The van der Waals surface area contributed by atoms with E-state index in [2.05, 4.69) is 27.1 Å². The Hall–Kier alpha value is -2.54. The number of rotatable bonds is 4. The molecule has 1 aliphatic heterocycles. The van der Waals surface area contributed by atoms with Crippen molar-refractivity contribution >= 4 is 29.2 Å². The van der Waals surface area contributed by atoms with E-state index < -0.39 is 6.03 Å². The van der Waals surface area contributed by atoms with Gasteiger partial charge in [0, 0.05) is 35.9 Å². The summed E-state index contributed by atoms with van der Waals surface area (Å²) >= 11 is 5.87. The van der Waals surface area contributed by atoms with E-state index in [1.54, 1.807) is 29.2 Å². The maximum Gasteiger partial charge on any atom is 0.319 e. The highest BCUT2D eigenvalue weighted by Gasteiger charge is 2.24. The van der Waals surface area contributed by atoms with Gasteiger partial charge in [0.15, 0.2) is 0 Å². The molecule has 2 N–H and O–H groups in total. The third kappa shape index (κ3) is 4.11. The molecule has 2 aromatic rings. The van der Waals surface area contributed by atoms with E-state index >= 15 is 0 Å². The van der Waals surface area contributed by atoms with Crippen LogP contribution in [0.4, 0.5) is 10.5 Å². The van der Waals surface area contributed by atoms with Crippen LogP contribution in [0.5, 0.6) is 0 Å². The molecule has 132 valence electrons. The van der Waals surface area contributed by atoms with Crippen molar-refractivity contribution in [3.05, 3.63) is 47.0 Å². The number of hydrogen-bond acceptors (Lipinski definition) is 3. The summed E-state index contributed by atoms with van der Waals surface area (Å²) in [4.78, 5) is 30.3. The maximum absolute atomic E-state index is 12.3. The minimum Gasteiger partial charge on any atom is -0.335 e. The van der Waals surface area contributed by atoms with Crippen molar-refractivity contribution in [2.75, 3.05) is 18.4 Å². The molecule has 25 heavy (non-hydrogen) atoms. The van der Waals surface area contributed by atoms with Gasteiger partial charge >= 0.3 is 6.03 Å². The first-order chi connectivity index (χ1) is 12.1. The van der Waals surface area contributed by atoms with Gasteiger partial charge in [-0.1, -0.05) is 17.7 Å². The lowest BCUT2D eigenvalue weighted by Crippen LogP contribution is -2.43. The Balaban J connectivity index is 1.50. The summed E-state index contributed by atoms with van der Waals surface area (Å²) in [5, 5.41) is 5.76. The average Bonchev–Trinajstić information content (AvgIpc) is 3.02. The summed E-state index contributed by atoms with van der Waals surface area (Å²) in [6.07, 6.45) is 2.60. The van der Waals surface area contributed by atoms with Crippen molar-refractivity contribution in [2.24, 2.45) is 0 Å². The van der Waals surface area contributed by atoms with Crippen molar-refractivity contribution in [1.82, 2.24) is 19.8 Å². The molecule has 0 atom stereocenters. The highest BCUT2D eigenvalue weighted by molar-refractivity contribution is 6.30. The van der Waals surface area contributed by atoms with Gasteiger partial charge in [0.1, 0.15) is 0 Å². The number of carbonyl (C=O) groups is 2. The average molecular weight is 362 g/mol. The number of amides is 3. The zero-order valence-corrected chi connectivity index (χ0v) is 14.7. The SMILES string of the molecule is CCn1cnc2c1CCN(C(=O)CNC(=O)Nc1cccc(Cl)c1)C2. The lowest BCUT2D eigenvalue weighted by molar-refractivity contribution is -0.131. The molecule has 3 amide bonds. The number of imidazole rings is 1. The predicted octanol–water partition coefficient (Wildman–Crippen LogP) is 2.26. The Morgan fingerprint density at radius 2 is 2.20 bits per heavy atom. The first-order valence-electron chi connectivity index (χ1n) is 8.18. The number of anilines is 1. The molecular weight excluding hydrogens is 342 g/mol. The fraction of sp³-hybridized carbons (Fsp3) is 0.353. The molecule has 0 saturated heterocycles. The topological polar surface area (TPSA) is 79.3 Å². The number of halogens is 1. The van der Waals surface area contributed by atoms with Crippen LogP contribution in [0.25, 0.3) is 0 Å². The van der Waals surface area contributed by atoms with Gasteiger partial charge in [-0.15, -0.1) is 0 Å². The van der Waals surface area contributed by atoms with Gasteiger partial charge in [0.2, 0.25) is 5.91 Å². The molecule has 1 aromatic heterocycles. The Morgan fingerprint density at radius 3 is 2.96 bits per heavy atom. The first kappa shape index (κ1) is 17.3. The quantitative estimate of drug-likeness (QED) is 0.876. The fourth-order valence-electron chi connectivity index (χ4n) is 2.86. The number of hydrogen-bond donors (Lipinski definition) is 2. The van der Waals surface area contributed by atoms with E-state index in [4.69, 9.17) is 11.6 Å². The van der Waals surface area contributed by atoms with Gasteiger partial charge in [-0.25, -0.2) is 9.78 Å². The molecule has 0 spiro atoms. The summed E-state index contributed by atoms with van der Waals surface area (Å²) in [5.74, 6) is -0.127. The van der Waals surface area contributed by atoms with Crippen LogP contribution in [0.1, 0.15) is 18.3 Å². The van der Waals surface area contributed by atoms with E-state index in [0.29, 0.717) is 23.8 Å². The molecule has 2 heterocycles. The molecule has 0 bridgehead atoms. The minimum absolute atomic E-state index is 0.0593. The Kier molecular flexibility index (Phi) is 5.23. The van der Waals surface area contributed by atoms with Gasteiger partial charge in [-0.2, -0.15) is 0 Å². The Labute approximate surface area is 151 Å². The standard InChI is InChI=1S/C17H20ClN5O2/c1-2-22-11-20-14-10-23(7-6-15(14)22)16(24)9-19-17(25)21-13-5-3-4-12(18)8-13/h3-5,8,11H,2,6-7,9-10H2,1H3,(H2,19,21,25). The predicted molar refractivity (Wildman–Crippen MR) is 95.5 cm³/mol. The number of aryl methyl sites for hydroxylation is 1. The summed E-state index contributed by atoms with van der Waals surface area (Å²) in [7, 11) is 0. The Morgan fingerprint density at radius 1 is 1.36 bits per heavy atom. The third-order valence-electron chi connectivity index (χ3n) is 4.17. The fourth-order valence-corrected chi connectivity index (χ4v) is 3.05. The second-order valence-corrected chi connectivity index (χ2v) is 6.24. The minimum atomic E-state index is -0.441. The molecule has 1 aromatic carbocycles. The smallest absolute Gasteiger partial charge is 0.319 e. The van der Waals surface area contributed by atoms with Crippen molar-refractivity contribution in [3.63, 3.8) is 0 Å². The van der Waals surface area contributed by atoms with Crippen LogP contribution in [-0.2, 0) is 24.3 Å². The molecule has 1 aliphatic rings. The summed E-state index contributed by atoms with van der Waals surface area (Å²) in [5.41, 5.74) is 2.70. The third-order valence-corrected chi connectivity index (χ3v) is 4.40. The molecular formula is C17H20ClN5O2. The highest BCUT2D eigenvalue weighted by Crippen LogP contribution is 2.18. The molecule has 0 fully saturated rings. The van der Waals surface area contributed by atoms with Gasteiger partial charge in [0.05, 0.1) is 25.1 Å². The number of fused-ring (bicyclic) bond motifs is 1. The molecule has 0 saturated carbocycles. The summed E-state index contributed by atoms with van der Waals surface area (Å²) in [6, 6.07) is 6.38. The molecule has 0 unspecified atom stereocenters. The summed E-state index contributed by atoms with van der Waals surface area (Å²) < 4.78 is 2.10. The van der Waals surface area contributed by atoms with Crippen LogP contribution < -0.4 is 10.6 Å². The second-order valence-electron chi connectivity index (χ2n) is 5.81. The van der Waals surface area contributed by atoms with E-state index in [1.165, 1.54) is 5.69 Å². The number of nitrogens with one attached hydrogen (secondary N) is 2. The van der Waals surface area contributed by atoms with E-state index in [-0.39, 0.29) is 12.5 Å². The number of nitrogens with zero attached hydrogens (tertiary/aromatic N) is 3. The monoisotopic (exact) mass is 361 g/mol. The summed E-state index contributed by atoms with van der Waals surface area (Å²) in [6.45, 7) is 4.01. The van der Waals surface area contributed by atoms with Crippen LogP contribution in [0.2, 0.25) is 5.02 Å². The first-order valence-corrected chi connectivity index (χ1v) is 8.55. The van der Waals surface area contributed by atoms with Crippen molar-refractivity contribution in [1.29, 1.82) is 0 Å². The largest absolute Gasteiger partial charge is 0.335 e. The molecule has 0 aliphatic carbocycles. The normalized spacial score (nSPS) is 13.3. The number of urea groups is 1. The van der Waals surface area contributed by atoms with Crippen molar-refractivity contribution in [2.45, 2.75) is 26.4 Å². The molecule has 8 heteroatoms. The van der Waals surface area contributed by atoms with Gasteiger partial charge in [-0.3, -0.25) is 4.79 Å².